The maximum atomic E-state index is 12.9. The van der Waals surface area contributed by atoms with Crippen molar-refractivity contribution < 1.29 is 39.0 Å². The van der Waals surface area contributed by atoms with Crippen LogP contribution in [-0.4, -0.2) is 109 Å². The lowest BCUT2D eigenvalue weighted by molar-refractivity contribution is -0.147. The van der Waals surface area contributed by atoms with Crippen molar-refractivity contribution in [3.05, 3.63) is 24.0 Å². The number of hydrogen-bond acceptors (Lipinski definition) is 7. The molecule has 2 saturated heterocycles. The smallest absolute Gasteiger partial charge is 0.326 e. The second-order valence-electron chi connectivity index (χ2n) is 9.92. The second-order valence-corrected chi connectivity index (χ2v) is 10.9. The number of carboxylic acid groups (broad SMARTS) is 2. The van der Waals surface area contributed by atoms with E-state index in [1.54, 1.807) is 29.9 Å². The van der Waals surface area contributed by atoms with Crippen molar-refractivity contribution in [2.24, 2.45) is 13.0 Å². The highest BCUT2D eigenvalue weighted by atomic mass is 32.2. The van der Waals surface area contributed by atoms with Gasteiger partial charge in [-0.15, -0.1) is 11.8 Å². The number of carboxylic acids is 2. The molecule has 4 rings (SSSR count). The van der Waals surface area contributed by atoms with E-state index in [-0.39, 0.29) is 55.2 Å². The first-order valence-electron chi connectivity index (χ1n) is 12.4. The van der Waals surface area contributed by atoms with Crippen LogP contribution in [0.4, 0.5) is 0 Å². The van der Waals surface area contributed by atoms with Crippen LogP contribution in [-0.2, 0) is 31.0 Å². The Labute approximate surface area is 222 Å². The van der Waals surface area contributed by atoms with E-state index in [9.17, 15) is 39.0 Å². The molecule has 4 unspecified atom stereocenters. The third-order valence-electron chi connectivity index (χ3n) is 7.07. The number of hydrogen-bond donors (Lipinski definition) is 4. The van der Waals surface area contributed by atoms with Gasteiger partial charge in [-0.3, -0.25) is 19.2 Å². The molecule has 4 atom stereocenters. The van der Waals surface area contributed by atoms with Crippen LogP contribution < -0.4 is 10.6 Å². The van der Waals surface area contributed by atoms with E-state index >= 15 is 0 Å². The van der Waals surface area contributed by atoms with Gasteiger partial charge in [-0.1, -0.05) is 0 Å². The van der Waals surface area contributed by atoms with Gasteiger partial charge in [-0.05, 0) is 25.0 Å². The lowest BCUT2D eigenvalue weighted by atomic mass is 10.1. The van der Waals surface area contributed by atoms with Crippen molar-refractivity contribution >= 4 is 47.3 Å². The van der Waals surface area contributed by atoms with Crippen LogP contribution in [0, 0.1) is 5.92 Å². The molecule has 1 aromatic heterocycles. The summed E-state index contributed by atoms with van der Waals surface area (Å²) in [7, 11) is 1.71. The molecule has 3 fully saturated rings. The van der Waals surface area contributed by atoms with Crippen molar-refractivity contribution in [2.75, 3.05) is 24.6 Å². The fraction of sp³-hybridized carbons (Fsp3) is 0.583. The summed E-state index contributed by atoms with van der Waals surface area (Å²) in [6.07, 6.45) is 3.51. The van der Waals surface area contributed by atoms with Crippen molar-refractivity contribution in [1.82, 2.24) is 25.0 Å². The molecule has 13 nitrogen and oxygen atoms in total. The number of aliphatic carboxylic acids is 2. The van der Waals surface area contributed by atoms with Crippen LogP contribution in [0.1, 0.15) is 36.2 Å². The number of thioether (sulfide) groups is 1. The average Bonchev–Trinajstić information content (AvgIpc) is 3.26. The van der Waals surface area contributed by atoms with Crippen molar-refractivity contribution in [1.29, 1.82) is 0 Å². The third-order valence-corrected chi connectivity index (χ3v) is 7.97. The van der Waals surface area contributed by atoms with Gasteiger partial charge < -0.3 is 35.2 Å². The molecule has 2 aliphatic heterocycles. The molecule has 0 radical (unpaired) electrons. The van der Waals surface area contributed by atoms with E-state index in [4.69, 9.17) is 0 Å². The van der Waals surface area contributed by atoms with E-state index in [0.717, 1.165) is 24.6 Å². The van der Waals surface area contributed by atoms with Crippen LogP contribution in [0.3, 0.4) is 0 Å². The first-order valence-corrected chi connectivity index (χ1v) is 13.6. The highest BCUT2D eigenvalue weighted by molar-refractivity contribution is 8.00. The Balaban J connectivity index is 1.28. The molecule has 0 spiro atoms. The van der Waals surface area contributed by atoms with Crippen molar-refractivity contribution in [3.63, 3.8) is 0 Å². The maximum absolute atomic E-state index is 12.9. The summed E-state index contributed by atoms with van der Waals surface area (Å²) < 4.78 is 1.63. The third kappa shape index (κ3) is 6.29. The quantitative estimate of drug-likeness (QED) is 0.288. The molecule has 4 N–H and O–H groups in total. The van der Waals surface area contributed by atoms with Crippen molar-refractivity contribution in [3.8, 4) is 0 Å². The highest BCUT2D eigenvalue weighted by Crippen LogP contribution is 2.30. The fourth-order valence-corrected chi connectivity index (χ4v) is 5.70. The number of likely N-dealkylation sites (tertiary alicyclic amines) is 2. The van der Waals surface area contributed by atoms with Gasteiger partial charge in [0.1, 0.15) is 17.8 Å². The number of aryl methyl sites for hydroxylation is 1. The van der Waals surface area contributed by atoms with Gasteiger partial charge in [0.05, 0.1) is 11.5 Å². The Bertz CT molecular complexity index is 1130. The zero-order chi connectivity index (χ0) is 27.6. The molecule has 0 bridgehead atoms. The average molecular weight is 550 g/mol. The van der Waals surface area contributed by atoms with E-state index in [1.807, 2.05) is 0 Å². The van der Waals surface area contributed by atoms with E-state index in [0.29, 0.717) is 5.69 Å². The van der Waals surface area contributed by atoms with Crippen LogP contribution in [0.2, 0.25) is 0 Å². The first kappa shape index (κ1) is 27.5. The Kier molecular flexibility index (Phi) is 8.29. The Morgan fingerprint density at radius 3 is 1.87 bits per heavy atom. The van der Waals surface area contributed by atoms with Gasteiger partial charge >= 0.3 is 11.9 Å². The molecule has 4 amide bonds. The Morgan fingerprint density at radius 2 is 1.42 bits per heavy atom. The van der Waals surface area contributed by atoms with Crippen LogP contribution in [0.15, 0.2) is 18.3 Å². The number of amides is 4. The number of rotatable bonds is 10. The van der Waals surface area contributed by atoms with Gasteiger partial charge in [0, 0.05) is 57.2 Å². The van der Waals surface area contributed by atoms with Crippen LogP contribution in [0.25, 0.3) is 0 Å². The summed E-state index contributed by atoms with van der Waals surface area (Å²) in [4.78, 5) is 76.1. The van der Waals surface area contributed by atoms with E-state index in [1.165, 1.54) is 9.80 Å². The zero-order valence-corrected chi connectivity index (χ0v) is 21.7. The molecule has 14 heteroatoms. The largest absolute Gasteiger partial charge is 0.480 e. The molecule has 38 heavy (non-hydrogen) atoms. The lowest BCUT2D eigenvalue weighted by Crippen LogP contribution is -2.44. The van der Waals surface area contributed by atoms with Gasteiger partial charge in [0.25, 0.3) is 5.91 Å². The predicted molar refractivity (Wildman–Crippen MR) is 134 cm³/mol. The van der Waals surface area contributed by atoms with Gasteiger partial charge in [-0.25, -0.2) is 9.59 Å². The minimum Gasteiger partial charge on any atom is -0.480 e. The standard InChI is InChI=1S/C24H31N5O8S/c1-27-6-2-3-16(27)22(33)26-15-8-18(24(36)37)29(10-15)20(31)12-38-11-19(30)28-9-14(7-17(28)23(34)35)25-21(32)13-4-5-13/h2-3,6,13-15,17-18H,4-5,7-12H2,1H3,(H,25,32)(H,26,33)(H,34,35)(H,36,37). The number of nitrogens with zero attached hydrogens (tertiary/aromatic N) is 3. The Morgan fingerprint density at radius 1 is 0.895 bits per heavy atom. The summed E-state index contributed by atoms with van der Waals surface area (Å²) >= 11 is 0.969. The Hall–Kier alpha value is -3.55. The summed E-state index contributed by atoms with van der Waals surface area (Å²) in [5, 5.41) is 24.8. The molecular weight excluding hydrogens is 518 g/mol. The summed E-state index contributed by atoms with van der Waals surface area (Å²) in [6.45, 7) is 0.106. The zero-order valence-electron chi connectivity index (χ0n) is 20.9. The van der Waals surface area contributed by atoms with Crippen molar-refractivity contribution in [2.45, 2.75) is 49.9 Å². The SMILES string of the molecule is Cn1cccc1C(=O)NC1CC(C(=O)O)N(C(=O)CSCC(=O)N2CC(NC(=O)C3CC3)CC2C(=O)O)C1. The van der Waals surface area contributed by atoms with Gasteiger partial charge in [0.2, 0.25) is 17.7 Å². The number of aromatic nitrogens is 1. The predicted octanol–water partition coefficient (Wildman–Crippen LogP) is -0.877. The minimum absolute atomic E-state index is 0.0239. The minimum atomic E-state index is -1.18. The van der Waals surface area contributed by atoms with E-state index < -0.39 is 47.9 Å². The monoisotopic (exact) mass is 549 g/mol. The number of carbonyl (C=O) groups excluding carboxylic acids is 4. The fourth-order valence-electron chi connectivity index (χ4n) is 4.91. The maximum Gasteiger partial charge on any atom is 0.326 e. The molecule has 206 valence electrons. The van der Waals surface area contributed by atoms with Gasteiger partial charge in [-0.2, -0.15) is 0 Å². The summed E-state index contributed by atoms with van der Waals surface area (Å²) in [6, 6.07) is 0.188. The second kappa shape index (κ2) is 11.5. The molecule has 0 aromatic carbocycles. The topological polar surface area (TPSA) is 178 Å². The highest BCUT2D eigenvalue weighted by Gasteiger charge is 2.42. The molecule has 3 aliphatic rings. The van der Waals surface area contributed by atoms with Crippen LogP contribution in [0.5, 0.6) is 0 Å². The van der Waals surface area contributed by atoms with Crippen LogP contribution >= 0.6 is 11.8 Å². The molecule has 1 aromatic rings. The van der Waals surface area contributed by atoms with Gasteiger partial charge in [0.15, 0.2) is 0 Å². The lowest BCUT2D eigenvalue weighted by Gasteiger charge is -2.23. The summed E-state index contributed by atoms with van der Waals surface area (Å²) in [5.41, 5.74) is 0.409. The normalized spacial score (nSPS) is 24.8. The molecule has 1 saturated carbocycles. The molecule has 3 heterocycles. The molecule has 1 aliphatic carbocycles. The van der Waals surface area contributed by atoms with E-state index in [2.05, 4.69) is 10.6 Å². The number of nitrogens with one attached hydrogen (secondary N) is 2. The summed E-state index contributed by atoms with van der Waals surface area (Å²) in [5.74, 6) is -4.17. The number of carbonyl (C=O) groups is 6. The first-order chi connectivity index (χ1) is 18.0. The molecular formula is C24H31N5O8S.